The standard InChI is InChI=1S/C17H23N3O4S/c1-17-6-5-15(21)20(17)13(11-25-17)16(22)19-10-12-3-4-14(18-9-12)24-8-7-23-2/h3-4,9,13H,5-8,10-11H2,1-2H3,(H,19,22)/t13-,17+/m1/s1. The zero-order valence-corrected chi connectivity index (χ0v) is 15.3. The Balaban J connectivity index is 1.52. The predicted octanol–water partition coefficient (Wildman–Crippen LogP) is 1.18. The van der Waals surface area contributed by atoms with E-state index < -0.39 is 0 Å². The van der Waals surface area contributed by atoms with Crippen molar-refractivity contribution in [3.63, 3.8) is 0 Å². The lowest BCUT2D eigenvalue weighted by Crippen LogP contribution is -2.49. The summed E-state index contributed by atoms with van der Waals surface area (Å²) < 4.78 is 10.3. The van der Waals surface area contributed by atoms with Crippen molar-refractivity contribution < 1.29 is 19.1 Å². The quantitative estimate of drug-likeness (QED) is 0.731. The van der Waals surface area contributed by atoms with Gasteiger partial charge in [-0.25, -0.2) is 4.98 Å². The van der Waals surface area contributed by atoms with Crippen molar-refractivity contribution in [2.24, 2.45) is 0 Å². The molecule has 0 bridgehead atoms. The Morgan fingerprint density at radius 3 is 3.04 bits per heavy atom. The minimum atomic E-state index is -0.380. The number of carbonyl (C=O) groups is 2. The van der Waals surface area contributed by atoms with Crippen molar-refractivity contribution in [1.29, 1.82) is 0 Å². The van der Waals surface area contributed by atoms with E-state index in [1.54, 1.807) is 36.0 Å². The molecule has 1 N–H and O–H groups in total. The topological polar surface area (TPSA) is 80.8 Å². The second kappa shape index (κ2) is 7.61. The first-order valence-corrected chi connectivity index (χ1v) is 9.32. The number of amides is 2. The first kappa shape index (κ1) is 18.0. The van der Waals surface area contributed by atoms with Crippen LogP contribution in [0.2, 0.25) is 0 Å². The van der Waals surface area contributed by atoms with Crippen molar-refractivity contribution in [2.75, 3.05) is 26.1 Å². The minimum Gasteiger partial charge on any atom is -0.475 e. The molecular formula is C17H23N3O4S. The summed E-state index contributed by atoms with van der Waals surface area (Å²) in [6.45, 7) is 3.38. The molecule has 2 aliphatic rings. The highest BCUT2D eigenvalue weighted by atomic mass is 32.2. The molecule has 0 radical (unpaired) electrons. The summed E-state index contributed by atoms with van der Waals surface area (Å²) in [4.78, 5) is 30.4. The van der Waals surface area contributed by atoms with Gasteiger partial charge in [0.1, 0.15) is 12.6 Å². The van der Waals surface area contributed by atoms with Gasteiger partial charge in [-0.1, -0.05) is 6.07 Å². The SMILES string of the molecule is COCCOc1ccc(CNC(=O)[C@H]2CS[C@@]3(C)CCC(=O)N23)cn1. The van der Waals surface area contributed by atoms with E-state index >= 15 is 0 Å². The molecule has 2 amide bonds. The Labute approximate surface area is 151 Å². The second-order valence-electron chi connectivity index (χ2n) is 6.33. The van der Waals surface area contributed by atoms with Crippen molar-refractivity contribution in [2.45, 2.75) is 37.2 Å². The number of carbonyl (C=O) groups excluding carboxylic acids is 2. The van der Waals surface area contributed by atoms with E-state index in [4.69, 9.17) is 9.47 Å². The monoisotopic (exact) mass is 365 g/mol. The molecule has 3 rings (SSSR count). The van der Waals surface area contributed by atoms with Gasteiger partial charge in [-0.3, -0.25) is 9.59 Å². The summed E-state index contributed by atoms with van der Waals surface area (Å²) in [7, 11) is 1.61. The van der Waals surface area contributed by atoms with Crippen LogP contribution in [0.15, 0.2) is 18.3 Å². The smallest absolute Gasteiger partial charge is 0.243 e. The van der Waals surface area contributed by atoms with E-state index in [1.165, 1.54) is 0 Å². The Morgan fingerprint density at radius 1 is 1.48 bits per heavy atom. The summed E-state index contributed by atoms with van der Waals surface area (Å²) in [6.07, 6.45) is 3.02. The Bertz CT molecular complexity index is 639. The molecular weight excluding hydrogens is 342 g/mol. The van der Waals surface area contributed by atoms with E-state index in [0.717, 1.165) is 12.0 Å². The molecule has 1 aromatic rings. The number of thioether (sulfide) groups is 1. The third-order valence-corrected chi connectivity index (χ3v) is 6.05. The van der Waals surface area contributed by atoms with Crippen LogP contribution < -0.4 is 10.1 Å². The van der Waals surface area contributed by atoms with E-state index in [0.29, 0.717) is 37.8 Å². The average Bonchev–Trinajstić information content (AvgIpc) is 3.10. The molecule has 2 aliphatic heterocycles. The van der Waals surface area contributed by atoms with Gasteiger partial charge in [-0.15, -0.1) is 11.8 Å². The second-order valence-corrected chi connectivity index (χ2v) is 7.83. The van der Waals surface area contributed by atoms with Crippen LogP contribution >= 0.6 is 11.8 Å². The first-order valence-electron chi connectivity index (χ1n) is 8.34. The number of nitrogens with zero attached hydrogens (tertiary/aromatic N) is 2. The number of hydrogen-bond acceptors (Lipinski definition) is 6. The van der Waals surface area contributed by atoms with Crippen molar-refractivity contribution >= 4 is 23.6 Å². The van der Waals surface area contributed by atoms with Crippen molar-refractivity contribution in [1.82, 2.24) is 15.2 Å². The van der Waals surface area contributed by atoms with Crippen molar-refractivity contribution in [3.8, 4) is 5.88 Å². The zero-order valence-electron chi connectivity index (χ0n) is 14.5. The Kier molecular flexibility index (Phi) is 5.48. The lowest BCUT2D eigenvalue weighted by molar-refractivity contribution is -0.138. The van der Waals surface area contributed by atoms with E-state index in [2.05, 4.69) is 10.3 Å². The highest BCUT2D eigenvalue weighted by Crippen LogP contribution is 2.47. The molecule has 8 heteroatoms. The van der Waals surface area contributed by atoms with Crippen LogP contribution in [-0.2, 0) is 20.9 Å². The highest BCUT2D eigenvalue weighted by molar-refractivity contribution is 8.01. The lowest BCUT2D eigenvalue weighted by atomic mass is 10.2. The maximum absolute atomic E-state index is 12.5. The highest BCUT2D eigenvalue weighted by Gasteiger charge is 2.52. The number of hydrogen-bond donors (Lipinski definition) is 1. The molecule has 3 heterocycles. The van der Waals surface area contributed by atoms with Gasteiger partial charge in [0.25, 0.3) is 0 Å². The third kappa shape index (κ3) is 3.90. The summed E-state index contributed by atoms with van der Waals surface area (Å²) >= 11 is 1.69. The van der Waals surface area contributed by atoms with Crippen molar-refractivity contribution in [3.05, 3.63) is 23.9 Å². The van der Waals surface area contributed by atoms with Gasteiger partial charge in [-0.05, 0) is 18.9 Å². The van der Waals surface area contributed by atoms with Crippen LogP contribution in [0.4, 0.5) is 0 Å². The molecule has 1 aromatic heterocycles. The van der Waals surface area contributed by atoms with Crippen LogP contribution in [0, 0.1) is 0 Å². The molecule has 0 unspecified atom stereocenters. The van der Waals surface area contributed by atoms with Crippen LogP contribution in [0.1, 0.15) is 25.3 Å². The van der Waals surface area contributed by atoms with Gasteiger partial charge < -0.3 is 19.7 Å². The molecule has 2 saturated heterocycles. The van der Waals surface area contributed by atoms with Gasteiger partial charge in [0.2, 0.25) is 17.7 Å². The molecule has 2 atom stereocenters. The van der Waals surface area contributed by atoms with E-state index in [9.17, 15) is 9.59 Å². The number of nitrogens with one attached hydrogen (secondary N) is 1. The molecule has 136 valence electrons. The summed E-state index contributed by atoms with van der Waals surface area (Å²) in [5, 5.41) is 2.92. The van der Waals surface area contributed by atoms with E-state index in [-0.39, 0.29) is 22.7 Å². The summed E-state index contributed by atoms with van der Waals surface area (Å²) in [5.74, 6) is 1.15. The first-order chi connectivity index (χ1) is 12.0. The maximum Gasteiger partial charge on any atom is 0.243 e. The number of aromatic nitrogens is 1. The number of pyridine rings is 1. The fourth-order valence-electron chi connectivity index (χ4n) is 3.15. The molecule has 0 aromatic carbocycles. The lowest BCUT2D eigenvalue weighted by Gasteiger charge is -2.29. The largest absolute Gasteiger partial charge is 0.475 e. The summed E-state index contributed by atoms with van der Waals surface area (Å²) in [6, 6.07) is 3.25. The molecule has 0 spiro atoms. The Hall–Kier alpha value is -1.80. The fourth-order valence-corrected chi connectivity index (χ4v) is 4.58. The van der Waals surface area contributed by atoms with Gasteiger partial charge in [-0.2, -0.15) is 0 Å². The van der Waals surface area contributed by atoms with Gasteiger partial charge in [0, 0.05) is 38.1 Å². The number of methoxy groups -OCH3 is 1. The molecule has 7 nitrogen and oxygen atoms in total. The van der Waals surface area contributed by atoms with Crippen LogP contribution in [0.5, 0.6) is 5.88 Å². The number of rotatable bonds is 7. The van der Waals surface area contributed by atoms with Crippen LogP contribution in [0.3, 0.4) is 0 Å². The third-order valence-electron chi connectivity index (χ3n) is 4.55. The predicted molar refractivity (Wildman–Crippen MR) is 94.2 cm³/mol. The van der Waals surface area contributed by atoms with Gasteiger partial charge >= 0.3 is 0 Å². The molecule has 0 aliphatic carbocycles. The molecule has 0 saturated carbocycles. The Morgan fingerprint density at radius 2 is 2.32 bits per heavy atom. The summed E-state index contributed by atoms with van der Waals surface area (Å²) in [5.41, 5.74) is 0.883. The van der Waals surface area contributed by atoms with Gasteiger partial charge in [0.15, 0.2) is 0 Å². The normalized spacial score (nSPS) is 25.1. The fraction of sp³-hybridized carbons (Fsp3) is 0.588. The minimum absolute atomic E-state index is 0.0758. The average molecular weight is 365 g/mol. The van der Waals surface area contributed by atoms with E-state index in [1.807, 2.05) is 13.0 Å². The number of ether oxygens (including phenoxy) is 2. The van der Waals surface area contributed by atoms with Gasteiger partial charge in [0.05, 0.1) is 11.5 Å². The molecule has 25 heavy (non-hydrogen) atoms. The number of fused-ring (bicyclic) bond motifs is 1. The maximum atomic E-state index is 12.5. The zero-order chi connectivity index (χ0) is 17.9. The van der Waals surface area contributed by atoms with Crippen LogP contribution in [0.25, 0.3) is 0 Å². The van der Waals surface area contributed by atoms with Crippen LogP contribution in [-0.4, -0.2) is 58.7 Å². The molecule has 2 fully saturated rings.